The summed E-state index contributed by atoms with van der Waals surface area (Å²) in [6.45, 7) is 4.17. The van der Waals surface area contributed by atoms with Crippen molar-refractivity contribution in [1.82, 2.24) is 0 Å². The van der Waals surface area contributed by atoms with Crippen LogP contribution in [0, 0.1) is 5.92 Å². The lowest BCUT2D eigenvalue weighted by Crippen LogP contribution is -2.47. The molecule has 0 spiro atoms. The zero-order valence-corrected chi connectivity index (χ0v) is 6.32. The summed E-state index contributed by atoms with van der Waals surface area (Å²) in [5.41, 5.74) is 0. The second-order valence-electron chi connectivity index (χ2n) is 3.00. The van der Waals surface area contributed by atoms with Crippen LogP contribution < -0.4 is 0 Å². The Kier molecular flexibility index (Phi) is 2.28. The molecule has 1 heterocycles. The van der Waals surface area contributed by atoms with Crippen LogP contribution in [0.2, 0.25) is 0 Å². The van der Waals surface area contributed by atoms with Crippen LogP contribution in [0.15, 0.2) is 0 Å². The summed E-state index contributed by atoms with van der Waals surface area (Å²) in [4.78, 5) is 0. The molecule has 1 saturated heterocycles. The summed E-state index contributed by atoms with van der Waals surface area (Å²) >= 11 is 0. The summed E-state index contributed by atoms with van der Waals surface area (Å²) in [6.07, 6.45) is -1.57. The highest BCUT2D eigenvalue weighted by atomic mass is 16.5. The third-order valence-electron chi connectivity index (χ3n) is 2.04. The van der Waals surface area contributed by atoms with Crippen LogP contribution >= 0.6 is 0 Å². The van der Waals surface area contributed by atoms with Gasteiger partial charge in [-0.25, -0.2) is 0 Å². The van der Waals surface area contributed by atoms with Crippen molar-refractivity contribution in [1.29, 1.82) is 0 Å². The van der Waals surface area contributed by atoms with Crippen molar-refractivity contribution >= 4 is 0 Å². The molecule has 3 nitrogen and oxygen atoms in total. The van der Waals surface area contributed by atoms with Crippen LogP contribution in [0.3, 0.4) is 0 Å². The fourth-order valence-electron chi connectivity index (χ4n) is 1.12. The zero-order chi connectivity index (χ0) is 7.72. The Morgan fingerprint density at radius 2 is 1.80 bits per heavy atom. The van der Waals surface area contributed by atoms with Crippen molar-refractivity contribution in [3.63, 3.8) is 0 Å². The first-order valence-corrected chi connectivity index (χ1v) is 3.60. The number of hydrogen-bond donors (Lipinski definition) is 2. The average molecular weight is 146 g/mol. The predicted octanol–water partition coefficient (Wildman–Crippen LogP) is -0.237. The second kappa shape index (κ2) is 2.86. The van der Waals surface area contributed by atoms with E-state index in [1.807, 2.05) is 6.92 Å². The molecule has 60 valence electrons. The lowest BCUT2D eigenvalue weighted by Gasteiger charge is -2.34. The van der Waals surface area contributed by atoms with E-state index in [-0.39, 0.29) is 12.0 Å². The molecule has 0 aromatic rings. The Balaban J connectivity index is 2.52. The minimum absolute atomic E-state index is 0.0474. The van der Waals surface area contributed by atoms with Crippen molar-refractivity contribution in [3.8, 4) is 0 Å². The second-order valence-corrected chi connectivity index (χ2v) is 3.00. The van der Waals surface area contributed by atoms with Gasteiger partial charge in [0, 0.05) is 5.92 Å². The van der Waals surface area contributed by atoms with E-state index in [0.29, 0.717) is 6.61 Å². The SMILES string of the molecule is C[C@@H]1CO[C@H](C)C(O)C1O. The van der Waals surface area contributed by atoms with Crippen LogP contribution in [-0.4, -0.2) is 35.1 Å². The Hall–Kier alpha value is -0.120. The first kappa shape index (κ1) is 7.98. The van der Waals surface area contributed by atoms with Crippen LogP contribution in [0.25, 0.3) is 0 Å². The first-order valence-electron chi connectivity index (χ1n) is 3.60. The van der Waals surface area contributed by atoms with Crippen molar-refractivity contribution in [2.45, 2.75) is 32.2 Å². The van der Waals surface area contributed by atoms with Crippen molar-refractivity contribution in [2.24, 2.45) is 5.92 Å². The summed E-state index contributed by atoms with van der Waals surface area (Å²) < 4.78 is 5.16. The zero-order valence-electron chi connectivity index (χ0n) is 6.32. The summed E-state index contributed by atoms with van der Waals surface area (Å²) in [6, 6.07) is 0. The largest absolute Gasteiger partial charge is 0.390 e. The van der Waals surface area contributed by atoms with Gasteiger partial charge in [-0.05, 0) is 6.92 Å². The molecule has 1 fully saturated rings. The highest BCUT2D eigenvalue weighted by Crippen LogP contribution is 2.18. The van der Waals surface area contributed by atoms with Gasteiger partial charge >= 0.3 is 0 Å². The maximum absolute atomic E-state index is 9.29. The quantitative estimate of drug-likeness (QED) is 0.496. The molecule has 4 atom stereocenters. The molecular formula is C7H14O3. The Bertz CT molecular complexity index is 101. The van der Waals surface area contributed by atoms with Crippen molar-refractivity contribution < 1.29 is 14.9 Å². The average Bonchev–Trinajstić information content (AvgIpc) is 1.93. The third-order valence-corrected chi connectivity index (χ3v) is 2.04. The van der Waals surface area contributed by atoms with E-state index in [2.05, 4.69) is 0 Å². The van der Waals surface area contributed by atoms with E-state index in [0.717, 1.165) is 0 Å². The van der Waals surface area contributed by atoms with E-state index in [9.17, 15) is 10.2 Å². The molecule has 10 heavy (non-hydrogen) atoms. The molecule has 0 saturated carbocycles. The van der Waals surface area contributed by atoms with Gasteiger partial charge < -0.3 is 14.9 Å². The smallest absolute Gasteiger partial charge is 0.106 e. The molecule has 2 N–H and O–H groups in total. The summed E-state index contributed by atoms with van der Waals surface area (Å²) in [7, 11) is 0. The number of ether oxygens (including phenoxy) is 1. The van der Waals surface area contributed by atoms with Crippen LogP contribution in [0.1, 0.15) is 13.8 Å². The standard InChI is InChI=1S/C7H14O3/c1-4-3-10-5(2)7(9)6(4)8/h4-9H,3H2,1-2H3/t4-,5-,6?,7?/m1/s1. The van der Waals surface area contributed by atoms with E-state index in [1.54, 1.807) is 6.92 Å². The maximum atomic E-state index is 9.29. The fourth-order valence-corrected chi connectivity index (χ4v) is 1.12. The van der Waals surface area contributed by atoms with Gasteiger partial charge in [0.1, 0.15) is 6.10 Å². The fraction of sp³-hybridized carbons (Fsp3) is 1.00. The Morgan fingerprint density at radius 3 is 2.30 bits per heavy atom. The first-order chi connectivity index (χ1) is 4.63. The van der Waals surface area contributed by atoms with Crippen molar-refractivity contribution in [3.05, 3.63) is 0 Å². The maximum Gasteiger partial charge on any atom is 0.106 e. The number of hydrogen-bond acceptors (Lipinski definition) is 3. The highest BCUT2D eigenvalue weighted by molar-refractivity contribution is 4.81. The molecule has 1 aliphatic heterocycles. The van der Waals surface area contributed by atoms with E-state index < -0.39 is 12.2 Å². The lowest BCUT2D eigenvalue weighted by atomic mass is 9.95. The molecule has 1 rings (SSSR count). The molecular weight excluding hydrogens is 132 g/mol. The normalized spacial score (nSPS) is 49.2. The third kappa shape index (κ3) is 1.31. The minimum atomic E-state index is -0.719. The van der Waals surface area contributed by atoms with Gasteiger partial charge in [-0.1, -0.05) is 6.92 Å². The molecule has 0 radical (unpaired) electrons. The Labute approximate surface area is 60.6 Å². The topological polar surface area (TPSA) is 49.7 Å². The van der Waals surface area contributed by atoms with Gasteiger partial charge in [-0.3, -0.25) is 0 Å². The molecule has 0 aliphatic carbocycles. The Morgan fingerprint density at radius 1 is 1.20 bits per heavy atom. The molecule has 2 unspecified atom stereocenters. The number of rotatable bonds is 0. The van der Waals surface area contributed by atoms with Crippen LogP contribution in [0.5, 0.6) is 0 Å². The molecule has 1 aliphatic rings. The van der Waals surface area contributed by atoms with E-state index >= 15 is 0 Å². The highest BCUT2D eigenvalue weighted by Gasteiger charge is 2.33. The monoisotopic (exact) mass is 146 g/mol. The predicted molar refractivity (Wildman–Crippen MR) is 36.6 cm³/mol. The molecule has 0 aromatic heterocycles. The van der Waals surface area contributed by atoms with E-state index in [4.69, 9.17) is 4.74 Å². The van der Waals surface area contributed by atoms with Gasteiger partial charge in [0.2, 0.25) is 0 Å². The summed E-state index contributed by atoms with van der Waals surface area (Å²) in [5, 5.41) is 18.5. The van der Waals surface area contributed by atoms with E-state index in [1.165, 1.54) is 0 Å². The van der Waals surface area contributed by atoms with Crippen LogP contribution in [-0.2, 0) is 4.74 Å². The lowest BCUT2D eigenvalue weighted by molar-refractivity contribution is -0.153. The number of aliphatic hydroxyl groups excluding tert-OH is 2. The van der Waals surface area contributed by atoms with Gasteiger partial charge in [0.25, 0.3) is 0 Å². The minimum Gasteiger partial charge on any atom is -0.390 e. The van der Waals surface area contributed by atoms with Gasteiger partial charge in [-0.15, -0.1) is 0 Å². The van der Waals surface area contributed by atoms with Gasteiger partial charge in [0.05, 0.1) is 18.8 Å². The molecule has 0 amide bonds. The van der Waals surface area contributed by atoms with Crippen molar-refractivity contribution in [2.75, 3.05) is 6.61 Å². The summed E-state index contributed by atoms with van der Waals surface area (Å²) in [5.74, 6) is 0.0474. The van der Waals surface area contributed by atoms with Gasteiger partial charge in [0.15, 0.2) is 0 Å². The van der Waals surface area contributed by atoms with Crippen LogP contribution in [0.4, 0.5) is 0 Å². The van der Waals surface area contributed by atoms with Gasteiger partial charge in [-0.2, -0.15) is 0 Å². The molecule has 0 bridgehead atoms. The molecule has 0 aromatic carbocycles. The number of aliphatic hydroxyl groups is 2. The molecule has 3 heteroatoms.